The van der Waals surface area contributed by atoms with Crippen molar-refractivity contribution in [1.29, 1.82) is 0 Å². The molecular formula is C27H24N6O3. The summed E-state index contributed by atoms with van der Waals surface area (Å²) in [7, 11) is 0. The number of rotatable bonds is 9. The zero-order chi connectivity index (χ0) is 25.7. The van der Waals surface area contributed by atoms with Gasteiger partial charge in [-0.3, -0.25) is 14.4 Å². The minimum atomic E-state index is -0.0220. The minimum absolute atomic E-state index is 0.0220. The van der Waals surface area contributed by atoms with Gasteiger partial charge in [0.25, 0.3) is 0 Å². The summed E-state index contributed by atoms with van der Waals surface area (Å²) < 4.78 is 0. The third-order valence-corrected chi connectivity index (χ3v) is 5.28. The summed E-state index contributed by atoms with van der Waals surface area (Å²) in [5.74, 6) is 0.743. The van der Waals surface area contributed by atoms with E-state index in [-0.39, 0.29) is 35.2 Å². The summed E-state index contributed by atoms with van der Waals surface area (Å²) in [6.45, 7) is 4.53. The van der Waals surface area contributed by atoms with Crippen LogP contribution in [0.4, 0.5) is 34.9 Å². The highest BCUT2D eigenvalue weighted by atomic mass is 16.1. The van der Waals surface area contributed by atoms with Crippen LogP contribution in [0, 0.1) is 0 Å². The van der Waals surface area contributed by atoms with Crippen LogP contribution >= 0.6 is 0 Å². The zero-order valence-corrected chi connectivity index (χ0v) is 20.0. The Labute approximate surface area is 208 Å². The topological polar surface area (TPSA) is 126 Å². The van der Waals surface area contributed by atoms with Crippen molar-refractivity contribution in [3.63, 3.8) is 0 Å². The Balaban J connectivity index is 1.62. The maximum Gasteiger partial charge on any atom is 0.233 e. The number of Topliss-reactive ketones (excluding diaryl/α,β-unsaturated/α-hetero) is 3. The maximum absolute atomic E-state index is 11.6. The molecule has 9 nitrogen and oxygen atoms in total. The van der Waals surface area contributed by atoms with Crippen molar-refractivity contribution in [3.8, 4) is 0 Å². The quantitative estimate of drug-likeness (QED) is 0.258. The molecule has 9 heteroatoms. The molecule has 0 aliphatic heterocycles. The van der Waals surface area contributed by atoms with Crippen molar-refractivity contribution in [2.45, 2.75) is 20.8 Å². The van der Waals surface area contributed by atoms with E-state index in [0.717, 1.165) is 0 Å². The Morgan fingerprint density at radius 1 is 0.444 bits per heavy atom. The Morgan fingerprint density at radius 3 is 0.861 bits per heavy atom. The fourth-order valence-corrected chi connectivity index (χ4v) is 3.30. The molecule has 0 radical (unpaired) electrons. The van der Waals surface area contributed by atoms with Gasteiger partial charge in [-0.25, -0.2) is 0 Å². The molecular weight excluding hydrogens is 456 g/mol. The predicted molar refractivity (Wildman–Crippen MR) is 139 cm³/mol. The first-order valence-electron chi connectivity index (χ1n) is 11.2. The van der Waals surface area contributed by atoms with Crippen LogP contribution in [0.2, 0.25) is 0 Å². The molecule has 3 N–H and O–H groups in total. The zero-order valence-electron chi connectivity index (χ0n) is 20.0. The number of hydrogen-bond donors (Lipinski definition) is 3. The second-order valence-electron chi connectivity index (χ2n) is 8.08. The third kappa shape index (κ3) is 6.15. The number of aromatic nitrogens is 3. The lowest BCUT2D eigenvalue weighted by molar-refractivity contribution is 0.100. The Kier molecular flexibility index (Phi) is 7.10. The molecule has 0 amide bonds. The first-order valence-corrected chi connectivity index (χ1v) is 11.2. The average molecular weight is 481 g/mol. The number of ketones is 3. The first kappa shape index (κ1) is 24.2. The normalized spacial score (nSPS) is 10.4. The summed E-state index contributed by atoms with van der Waals surface area (Å²) in [4.78, 5) is 48.0. The van der Waals surface area contributed by atoms with E-state index in [1.54, 1.807) is 72.8 Å². The molecule has 0 aliphatic carbocycles. The lowest BCUT2D eigenvalue weighted by Crippen LogP contribution is -2.07. The molecule has 0 spiro atoms. The summed E-state index contributed by atoms with van der Waals surface area (Å²) in [6.07, 6.45) is 0. The number of anilines is 6. The lowest BCUT2D eigenvalue weighted by atomic mass is 10.1. The van der Waals surface area contributed by atoms with Gasteiger partial charge in [-0.1, -0.05) is 0 Å². The van der Waals surface area contributed by atoms with Crippen LogP contribution in [0.15, 0.2) is 72.8 Å². The van der Waals surface area contributed by atoms with Crippen molar-refractivity contribution < 1.29 is 14.4 Å². The molecule has 0 saturated heterocycles. The number of carbonyl (C=O) groups is 3. The predicted octanol–water partition coefficient (Wildman–Crippen LogP) is 5.71. The van der Waals surface area contributed by atoms with E-state index in [4.69, 9.17) is 0 Å². The molecule has 0 atom stereocenters. The molecule has 36 heavy (non-hydrogen) atoms. The maximum atomic E-state index is 11.6. The summed E-state index contributed by atoms with van der Waals surface area (Å²) in [6, 6.07) is 20.9. The molecule has 0 unspecified atom stereocenters. The van der Waals surface area contributed by atoms with Crippen molar-refractivity contribution >= 4 is 52.3 Å². The van der Waals surface area contributed by atoms with Crippen molar-refractivity contribution in [3.05, 3.63) is 89.5 Å². The molecule has 0 aliphatic rings. The fraction of sp³-hybridized carbons (Fsp3) is 0.111. The van der Waals surface area contributed by atoms with Gasteiger partial charge >= 0.3 is 0 Å². The van der Waals surface area contributed by atoms with Crippen LogP contribution < -0.4 is 16.0 Å². The summed E-state index contributed by atoms with van der Waals surface area (Å²) in [5, 5.41) is 9.38. The second-order valence-corrected chi connectivity index (χ2v) is 8.08. The highest BCUT2D eigenvalue weighted by Crippen LogP contribution is 2.22. The van der Waals surface area contributed by atoms with E-state index in [2.05, 4.69) is 30.9 Å². The number of benzene rings is 3. The highest BCUT2D eigenvalue weighted by Gasteiger charge is 2.10. The second kappa shape index (κ2) is 10.6. The molecule has 0 saturated carbocycles. The van der Waals surface area contributed by atoms with Gasteiger partial charge in [0, 0.05) is 33.8 Å². The van der Waals surface area contributed by atoms with Gasteiger partial charge < -0.3 is 16.0 Å². The highest BCUT2D eigenvalue weighted by molar-refractivity contribution is 5.95. The van der Waals surface area contributed by atoms with Crippen LogP contribution in [0.25, 0.3) is 0 Å². The van der Waals surface area contributed by atoms with Gasteiger partial charge in [0.15, 0.2) is 17.3 Å². The largest absolute Gasteiger partial charge is 0.324 e. The number of nitrogens with zero attached hydrogens (tertiary/aromatic N) is 3. The standard InChI is InChI=1S/C27H24N6O3/c1-16(34)19-4-10-22(11-5-19)28-25-31-26(29-23-12-6-20(7-13-23)17(2)35)33-27(32-25)30-24-14-8-21(9-15-24)18(3)36/h4-15H,1-3H3,(H3,28,29,30,31,32,33). The lowest BCUT2D eigenvalue weighted by Gasteiger charge is -2.12. The Morgan fingerprint density at radius 2 is 0.667 bits per heavy atom. The molecule has 1 aromatic heterocycles. The van der Waals surface area contributed by atoms with E-state index in [1.807, 2.05) is 0 Å². The van der Waals surface area contributed by atoms with E-state index < -0.39 is 0 Å². The molecule has 4 rings (SSSR count). The number of nitrogens with one attached hydrogen (secondary N) is 3. The van der Waals surface area contributed by atoms with E-state index in [9.17, 15) is 14.4 Å². The van der Waals surface area contributed by atoms with Gasteiger partial charge in [-0.2, -0.15) is 15.0 Å². The molecule has 4 aromatic rings. The Bertz CT molecular complexity index is 1230. The van der Waals surface area contributed by atoms with Crippen molar-refractivity contribution in [2.75, 3.05) is 16.0 Å². The van der Waals surface area contributed by atoms with Gasteiger partial charge in [-0.05, 0) is 93.6 Å². The number of hydrogen-bond acceptors (Lipinski definition) is 9. The monoisotopic (exact) mass is 480 g/mol. The van der Waals surface area contributed by atoms with E-state index in [0.29, 0.717) is 33.8 Å². The van der Waals surface area contributed by atoms with Gasteiger partial charge in [0.2, 0.25) is 17.8 Å². The molecule has 0 fully saturated rings. The summed E-state index contributed by atoms with van der Waals surface area (Å²) >= 11 is 0. The fourth-order valence-electron chi connectivity index (χ4n) is 3.30. The smallest absolute Gasteiger partial charge is 0.233 e. The number of carbonyl (C=O) groups excluding carboxylic acids is 3. The van der Waals surface area contributed by atoms with Crippen LogP contribution in [0.1, 0.15) is 51.8 Å². The molecule has 3 aromatic carbocycles. The van der Waals surface area contributed by atoms with Crippen molar-refractivity contribution in [2.24, 2.45) is 0 Å². The van der Waals surface area contributed by atoms with E-state index >= 15 is 0 Å². The van der Waals surface area contributed by atoms with Gasteiger partial charge in [0.05, 0.1) is 0 Å². The average Bonchev–Trinajstić information content (AvgIpc) is 2.85. The third-order valence-electron chi connectivity index (χ3n) is 5.28. The van der Waals surface area contributed by atoms with Gasteiger partial charge in [-0.15, -0.1) is 0 Å². The van der Waals surface area contributed by atoms with Crippen LogP contribution in [0.3, 0.4) is 0 Å². The first-order chi connectivity index (χ1) is 17.3. The van der Waals surface area contributed by atoms with Crippen LogP contribution in [0.5, 0.6) is 0 Å². The molecule has 0 bridgehead atoms. The van der Waals surface area contributed by atoms with Gasteiger partial charge in [0.1, 0.15) is 0 Å². The minimum Gasteiger partial charge on any atom is -0.324 e. The molecule has 1 heterocycles. The van der Waals surface area contributed by atoms with E-state index in [1.165, 1.54) is 20.8 Å². The van der Waals surface area contributed by atoms with Crippen molar-refractivity contribution in [1.82, 2.24) is 15.0 Å². The van der Waals surface area contributed by atoms with Crippen LogP contribution in [-0.2, 0) is 0 Å². The SMILES string of the molecule is CC(=O)c1ccc(Nc2nc(Nc3ccc(C(C)=O)cc3)nc(Nc3ccc(C(C)=O)cc3)n2)cc1. The Hall–Kier alpha value is -4.92. The van der Waals surface area contributed by atoms with Crippen LogP contribution in [-0.4, -0.2) is 32.3 Å². The molecule has 180 valence electrons. The summed E-state index contributed by atoms with van der Waals surface area (Å²) in [5.41, 5.74) is 3.89.